The Hall–Kier alpha value is -3.99. The first-order chi connectivity index (χ1) is 22.3. The summed E-state index contributed by atoms with van der Waals surface area (Å²) in [6.07, 6.45) is 2.79. The van der Waals surface area contributed by atoms with Gasteiger partial charge in [-0.05, 0) is 63.3 Å². The number of nitrogens with two attached hydrogens (primary N) is 4. The Morgan fingerprint density at radius 2 is 1.58 bits per heavy atom. The van der Waals surface area contributed by atoms with Gasteiger partial charge in [-0.15, -0.1) is 0 Å². The van der Waals surface area contributed by atoms with Gasteiger partial charge in [-0.3, -0.25) is 29.0 Å². The molecule has 1 rings (SSSR count). The Labute approximate surface area is 283 Å². The lowest BCUT2D eigenvalue weighted by atomic mass is 9.85. The summed E-state index contributed by atoms with van der Waals surface area (Å²) in [5.74, 6) is -4.47. The molecular weight excluding hydrogens is 624 g/mol. The standard InChI is InChI=1S/C31H58N10O7/c1-7-17(2)22(29(47)48)39-27(45)23(31(4,5)6)40-24(42)18(3)37-26(44)21-13-10-16-41(21)28(46)20(12-8-14-32)38-25(43)19(33)11-9-15-36-30(34)35/h17-23H,7-16,32-33H2,1-6H3,(H,37,44)(H,38,43)(H,39,45)(H,40,42)(H,47,48)(H4,34,35,36)/t17-,18-,19-,20-,21-,22-,23?/m0/s1. The normalized spacial score (nSPS) is 18.3. The van der Waals surface area contributed by atoms with Crippen molar-refractivity contribution in [3.63, 3.8) is 0 Å². The average molecular weight is 683 g/mol. The number of nitrogens with zero attached hydrogens (tertiary/aromatic N) is 2. The van der Waals surface area contributed by atoms with E-state index in [4.69, 9.17) is 22.9 Å². The molecule has 13 N–H and O–H groups in total. The lowest BCUT2D eigenvalue weighted by Crippen LogP contribution is -2.61. The Bertz CT molecular complexity index is 1150. The lowest BCUT2D eigenvalue weighted by Gasteiger charge is -2.33. The second kappa shape index (κ2) is 19.7. The maximum atomic E-state index is 13.7. The summed E-state index contributed by atoms with van der Waals surface area (Å²) in [6.45, 7) is 11.0. The second-order valence-corrected chi connectivity index (χ2v) is 13.5. The van der Waals surface area contributed by atoms with Crippen LogP contribution in [-0.4, -0.2) is 107 Å². The minimum absolute atomic E-state index is 0.0654. The van der Waals surface area contributed by atoms with Gasteiger partial charge in [0, 0.05) is 13.1 Å². The van der Waals surface area contributed by atoms with Crippen molar-refractivity contribution in [1.29, 1.82) is 0 Å². The highest BCUT2D eigenvalue weighted by molar-refractivity contribution is 5.96. The van der Waals surface area contributed by atoms with Crippen molar-refractivity contribution in [3.05, 3.63) is 0 Å². The van der Waals surface area contributed by atoms with Crippen LogP contribution in [0.25, 0.3) is 0 Å². The van der Waals surface area contributed by atoms with Crippen molar-refractivity contribution in [2.75, 3.05) is 19.6 Å². The summed E-state index contributed by atoms with van der Waals surface area (Å²) < 4.78 is 0. The van der Waals surface area contributed by atoms with Gasteiger partial charge in [0.1, 0.15) is 30.2 Å². The molecule has 0 aromatic rings. The van der Waals surface area contributed by atoms with Crippen LogP contribution in [0, 0.1) is 11.3 Å². The summed E-state index contributed by atoms with van der Waals surface area (Å²) in [4.78, 5) is 83.3. The number of hydrogen-bond donors (Lipinski definition) is 9. The third-order valence-corrected chi connectivity index (χ3v) is 8.40. The number of carbonyl (C=O) groups is 6. The molecule has 17 heteroatoms. The van der Waals surface area contributed by atoms with Crippen molar-refractivity contribution in [3.8, 4) is 0 Å². The monoisotopic (exact) mass is 682 g/mol. The Morgan fingerprint density at radius 1 is 0.938 bits per heavy atom. The molecule has 1 heterocycles. The SMILES string of the molecule is CC[C@H](C)[C@H](NC(=O)C(NC(=O)[C@H](C)NC(=O)[C@@H]1CCCN1C(=O)[C@H](CCCN)NC(=O)[C@@H](N)CCCN=C(N)N)C(C)(C)C)C(=O)O. The van der Waals surface area contributed by atoms with E-state index in [0.29, 0.717) is 38.6 Å². The number of nitrogens with one attached hydrogen (secondary N) is 4. The summed E-state index contributed by atoms with van der Waals surface area (Å²) in [7, 11) is 0. The van der Waals surface area contributed by atoms with Gasteiger partial charge < -0.3 is 54.2 Å². The van der Waals surface area contributed by atoms with Gasteiger partial charge in [0.2, 0.25) is 29.5 Å². The molecule has 0 saturated carbocycles. The van der Waals surface area contributed by atoms with Crippen molar-refractivity contribution in [2.24, 2.45) is 39.3 Å². The number of carbonyl (C=O) groups excluding carboxylic acids is 5. The number of hydrogen-bond acceptors (Lipinski definition) is 9. The minimum atomic E-state index is -1.18. The maximum Gasteiger partial charge on any atom is 0.326 e. The van der Waals surface area contributed by atoms with E-state index in [1.54, 1.807) is 27.7 Å². The molecule has 0 aromatic carbocycles. The first-order valence-electron chi connectivity index (χ1n) is 16.6. The van der Waals surface area contributed by atoms with Crippen molar-refractivity contribution < 1.29 is 33.9 Å². The molecule has 48 heavy (non-hydrogen) atoms. The van der Waals surface area contributed by atoms with Crippen LogP contribution >= 0.6 is 0 Å². The zero-order valence-electron chi connectivity index (χ0n) is 29.2. The maximum absolute atomic E-state index is 13.7. The molecule has 5 amide bonds. The van der Waals surface area contributed by atoms with E-state index < -0.39 is 77.2 Å². The average Bonchev–Trinajstić information content (AvgIpc) is 3.51. The summed E-state index contributed by atoms with van der Waals surface area (Å²) in [6, 6.07) is -6.11. The quantitative estimate of drug-likeness (QED) is 0.0417. The first-order valence-corrected chi connectivity index (χ1v) is 16.6. The molecular formula is C31H58N10O7. The Balaban J connectivity index is 2.97. The van der Waals surface area contributed by atoms with Crippen LogP contribution in [0.2, 0.25) is 0 Å². The summed E-state index contributed by atoms with van der Waals surface area (Å²) in [5.41, 5.74) is 21.5. The van der Waals surface area contributed by atoms with E-state index in [9.17, 15) is 33.9 Å². The Morgan fingerprint density at radius 3 is 2.12 bits per heavy atom. The molecule has 0 bridgehead atoms. The first kappa shape index (κ1) is 42.0. The molecule has 0 aliphatic carbocycles. The molecule has 17 nitrogen and oxygen atoms in total. The number of aliphatic imine (C=N–C) groups is 1. The zero-order valence-corrected chi connectivity index (χ0v) is 29.2. The predicted octanol–water partition coefficient (Wildman–Crippen LogP) is -1.77. The molecule has 274 valence electrons. The van der Waals surface area contributed by atoms with Gasteiger partial charge in [0.05, 0.1) is 6.04 Å². The highest BCUT2D eigenvalue weighted by Gasteiger charge is 2.40. The van der Waals surface area contributed by atoms with Crippen LogP contribution in [0.3, 0.4) is 0 Å². The van der Waals surface area contributed by atoms with Crippen LogP contribution < -0.4 is 44.2 Å². The smallest absolute Gasteiger partial charge is 0.326 e. The largest absolute Gasteiger partial charge is 0.480 e. The number of amides is 5. The van der Waals surface area contributed by atoms with Crippen molar-refractivity contribution in [2.45, 2.75) is 123 Å². The van der Waals surface area contributed by atoms with E-state index >= 15 is 0 Å². The van der Waals surface area contributed by atoms with E-state index in [2.05, 4.69) is 26.3 Å². The second-order valence-electron chi connectivity index (χ2n) is 13.5. The van der Waals surface area contributed by atoms with Gasteiger partial charge in [-0.2, -0.15) is 0 Å². The van der Waals surface area contributed by atoms with Crippen LogP contribution in [0.15, 0.2) is 4.99 Å². The molecule has 7 atom stereocenters. The van der Waals surface area contributed by atoms with Crippen LogP contribution in [0.1, 0.15) is 86.5 Å². The predicted molar refractivity (Wildman–Crippen MR) is 181 cm³/mol. The number of likely N-dealkylation sites (tertiary alicyclic amines) is 1. The fraction of sp³-hybridized carbons (Fsp3) is 0.774. The molecule has 0 spiro atoms. The van der Waals surface area contributed by atoms with Crippen molar-refractivity contribution in [1.82, 2.24) is 26.2 Å². The molecule has 1 fully saturated rings. The van der Waals surface area contributed by atoms with Gasteiger partial charge >= 0.3 is 5.97 Å². The fourth-order valence-corrected chi connectivity index (χ4v) is 5.25. The van der Waals surface area contributed by atoms with E-state index in [1.165, 1.54) is 11.8 Å². The number of carboxylic acids is 1. The minimum Gasteiger partial charge on any atom is -0.480 e. The van der Waals surface area contributed by atoms with E-state index in [-0.39, 0.29) is 37.8 Å². The summed E-state index contributed by atoms with van der Waals surface area (Å²) >= 11 is 0. The van der Waals surface area contributed by atoms with Crippen LogP contribution in [-0.2, 0) is 28.8 Å². The molecule has 1 unspecified atom stereocenters. The zero-order chi connectivity index (χ0) is 36.8. The van der Waals surface area contributed by atoms with Gasteiger partial charge in [0.15, 0.2) is 5.96 Å². The molecule has 0 radical (unpaired) electrons. The van der Waals surface area contributed by atoms with Crippen molar-refractivity contribution >= 4 is 41.5 Å². The van der Waals surface area contributed by atoms with Gasteiger partial charge in [0.25, 0.3) is 0 Å². The fourth-order valence-electron chi connectivity index (χ4n) is 5.25. The number of rotatable bonds is 19. The number of carboxylic acid groups (broad SMARTS) is 1. The van der Waals surface area contributed by atoms with E-state index in [0.717, 1.165) is 0 Å². The third kappa shape index (κ3) is 13.3. The molecule has 0 aromatic heterocycles. The molecule has 1 aliphatic rings. The highest BCUT2D eigenvalue weighted by atomic mass is 16.4. The third-order valence-electron chi connectivity index (χ3n) is 8.40. The Kier molecular flexibility index (Phi) is 17.3. The summed E-state index contributed by atoms with van der Waals surface area (Å²) in [5, 5.41) is 20.2. The number of guanidine groups is 1. The van der Waals surface area contributed by atoms with E-state index in [1.807, 2.05) is 6.92 Å². The van der Waals surface area contributed by atoms with Gasteiger partial charge in [-0.1, -0.05) is 41.0 Å². The van der Waals surface area contributed by atoms with Crippen LogP contribution in [0.4, 0.5) is 0 Å². The number of aliphatic carboxylic acids is 1. The lowest BCUT2D eigenvalue weighted by molar-refractivity contribution is -0.144. The topological polar surface area (TPSA) is 290 Å². The highest BCUT2D eigenvalue weighted by Crippen LogP contribution is 2.22. The van der Waals surface area contributed by atoms with Crippen LogP contribution in [0.5, 0.6) is 0 Å². The molecule has 1 saturated heterocycles. The van der Waals surface area contributed by atoms with Gasteiger partial charge in [-0.25, -0.2) is 4.79 Å². The molecule has 1 aliphatic heterocycles.